The van der Waals surface area contributed by atoms with Crippen LogP contribution in [0.25, 0.3) is 0 Å². The van der Waals surface area contributed by atoms with Crippen molar-refractivity contribution in [3.05, 3.63) is 65.7 Å². The van der Waals surface area contributed by atoms with Crippen LogP contribution in [0.15, 0.2) is 54.6 Å². The Hall–Kier alpha value is -3.68. The van der Waals surface area contributed by atoms with E-state index in [2.05, 4.69) is 10.6 Å². The quantitative estimate of drug-likeness (QED) is 0.470. The van der Waals surface area contributed by atoms with Crippen LogP contribution in [0.4, 0.5) is 10.5 Å². The molecule has 31 heavy (non-hydrogen) atoms. The molecule has 0 unspecified atom stereocenters. The Kier molecular flexibility index (Phi) is 8.75. The molecule has 2 N–H and O–H groups in total. The van der Waals surface area contributed by atoms with Gasteiger partial charge in [-0.25, -0.2) is 9.59 Å². The molecule has 0 aliphatic carbocycles. The molecule has 0 saturated heterocycles. The molecule has 2 amide bonds. The summed E-state index contributed by atoms with van der Waals surface area (Å²) in [4.78, 5) is 47.9. The van der Waals surface area contributed by atoms with Crippen LogP contribution in [0.1, 0.15) is 36.7 Å². The lowest BCUT2D eigenvalue weighted by molar-refractivity contribution is -0.150. The van der Waals surface area contributed by atoms with Crippen LogP contribution < -0.4 is 10.6 Å². The molecule has 0 aromatic heterocycles. The number of carbonyl (C=O) groups is 4. The van der Waals surface area contributed by atoms with Crippen molar-refractivity contribution < 1.29 is 28.7 Å². The van der Waals surface area contributed by atoms with Crippen molar-refractivity contribution in [1.82, 2.24) is 5.32 Å². The van der Waals surface area contributed by atoms with Gasteiger partial charge in [0.1, 0.15) is 12.6 Å². The fraction of sp³-hybridized carbons (Fsp3) is 0.304. The number of benzene rings is 2. The molecule has 164 valence electrons. The fourth-order valence-electron chi connectivity index (χ4n) is 2.63. The first-order valence-electron chi connectivity index (χ1n) is 9.81. The highest BCUT2D eigenvalue weighted by Crippen LogP contribution is 2.11. The Bertz CT molecular complexity index is 927. The number of Topliss-reactive ketones (excluding diaryl/α,β-unsaturated/α-hetero) is 1. The number of nitrogens with one attached hydrogen (secondary N) is 2. The summed E-state index contributed by atoms with van der Waals surface area (Å²) in [7, 11) is 0. The number of hydrogen-bond donors (Lipinski definition) is 2. The summed E-state index contributed by atoms with van der Waals surface area (Å²) in [6, 6.07) is 14.6. The number of hydrogen-bond acceptors (Lipinski definition) is 6. The molecule has 0 aliphatic heterocycles. The Labute approximate surface area is 180 Å². The van der Waals surface area contributed by atoms with Gasteiger partial charge >= 0.3 is 12.1 Å². The van der Waals surface area contributed by atoms with E-state index in [1.165, 1.54) is 13.0 Å². The SMILES string of the molecule is CC(=O)c1cccc(NC(=O)COC(=O)[C@@H](NC(=O)OCc2ccccc2)C(C)C)c1. The van der Waals surface area contributed by atoms with Gasteiger partial charge in [0, 0.05) is 11.3 Å². The van der Waals surface area contributed by atoms with E-state index in [9.17, 15) is 19.2 Å². The summed E-state index contributed by atoms with van der Waals surface area (Å²) in [5.74, 6) is -1.73. The van der Waals surface area contributed by atoms with Gasteiger partial charge in [0.05, 0.1) is 0 Å². The number of ether oxygens (including phenoxy) is 2. The van der Waals surface area contributed by atoms with Crippen LogP contribution >= 0.6 is 0 Å². The summed E-state index contributed by atoms with van der Waals surface area (Å²) in [5, 5.41) is 5.03. The standard InChI is InChI=1S/C23H26N2O6/c1-15(2)21(25-23(29)31-13-17-8-5-4-6-9-17)22(28)30-14-20(27)24-19-11-7-10-18(12-19)16(3)26/h4-12,15,21H,13-14H2,1-3H3,(H,24,27)(H,25,29)/t21-/m0/s1. The maximum Gasteiger partial charge on any atom is 0.408 e. The number of anilines is 1. The summed E-state index contributed by atoms with van der Waals surface area (Å²) >= 11 is 0. The van der Waals surface area contributed by atoms with Gasteiger partial charge in [-0.1, -0.05) is 56.3 Å². The molecule has 2 aromatic carbocycles. The highest BCUT2D eigenvalue weighted by molar-refractivity contribution is 5.97. The van der Waals surface area contributed by atoms with Crippen LogP contribution in [0.5, 0.6) is 0 Å². The van der Waals surface area contributed by atoms with Crippen LogP contribution in [0.3, 0.4) is 0 Å². The van der Waals surface area contributed by atoms with Gasteiger partial charge in [0.25, 0.3) is 5.91 Å². The molecule has 8 nitrogen and oxygen atoms in total. The highest BCUT2D eigenvalue weighted by atomic mass is 16.6. The van der Waals surface area contributed by atoms with E-state index in [1.54, 1.807) is 32.0 Å². The number of amides is 2. The van der Waals surface area contributed by atoms with E-state index in [0.717, 1.165) is 5.56 Å². The second kappa shape index (κ2) is 11.5. The largest absolute Gasteiger partial charge is 0.454 e. The van der Waals surface area contributed by atoms with Crippen molar-refractivity contribution in [2.75, 3.05) is 11.9 Å². The molecule has 0 radical (unpaired) electrons. The van der Waals surface area contributed by atoms with Crippen molar-refractivity contribution in [2.24, 2.45) is 5.92 Å². The van der Waals surface area contributed by atoms with Gasteiger partial charge in [-0.15, -0.1) is 0 Å². The van der Waals surface area contributed by atoms with Crippen molar-refractivity contribution in [3.8, 4) is 0 Å². The molecule has 0 fully saturated rings. The zero-order valence-electron chi connectivity index (χ0n) is 17.7. The second-order valence-corrected chi connectivity index (χ2v) is 7.22. The lowest BCUT2D eigenvalue weighted by Gasteiger charge is -2.20. The zero-order chi connectivity index (χ0) is 22.8. The Morgan fingerprint density at radius 3 is 2.29 bits per heavy atom. The Morgan fingerprint density at radius 1 is 0.935 bits per heavy atom. The molecule has 0 spiro atoms. The summed E-state index contributed by atoms with van der Waals surface area (Å²) in [6.45, 7) is 4.42. The van der Waals surface area contributed by atoms with E-state index >= 15 is 0 Å². The average Bonchev–Trinajstić information content (AvgIpc) is 2.75. The number of ketones is 1. The Balaban J connectivity index is 1.84. The van der Waals surface area contributed by atoms with Crippen LogP contribution in [-0.4, -0.2) is 36.4 Å². The minimum absolute atomic E-state index is 0.0638. The maximum atomic E-state index is 12.4. The Morgan fingerprint density at radius 2 is 1.65 bits per heavy atom. The molecule has 8 heteroatoms. The van der Waals surface area contributed by atoms with E-state index in [1.807, 2.05) is 30.3 Å². The van der Waals surface area contributed by atoms with Crippen LogP contribution in [0.2, 0.25) is 0 Å². The summed E-state index contributed by atoms with van der Waals surface area (Å²) in [6.07, 6.45) is -0.759. The molecule has 0 bridgehead atoms. The number of carbonyl (C=O) groups excluding carboxylic acids is 4. The van der Waals surface area contributed by atoms with Crippen molar-refractivity contribution in [2.45, 2.75) is 33.4 Å². The van der Waals surface area contributed by atoms with Gasteiger partial charge in [-0.2, -0.15) is 0 Å². The normalized spacial score (nSPS) is 11.4. The van der Waals surface area contributed by atoms with Gasteiger partial charge in [0.2, 0.25) is 0 Å². The molecule has 2 aromatic rings. The third kappa shape index (κ3) is 7.93. The van der Waals surface area contributed by atoms with Gasteiger partial charge in [0.15, 0.2) is 12.4 Å². The van der Waals surface area contributed by atoms with E-state index in [-0.39, 0.29) is 18.3 Å². The summed E-state index contributed by atoms with van der Waals surface area (Å²) in [5.41, 5.74) is 1.68. The van der Waals surface area contributed by atoms with Crippen molar-refractivity contribution in [1.29, 1.82) is 0 Å². The minimum atomic E-state index is -0.975. The monoisotopic (exact) mass is 426 g/mol. The first-order valence-corrected chi connectivity index (χ1v) is 9.81. The third-order valence-electron chi connectivity index (χ3n) is 4.31. The average molecular weight is 426 g/mol. The predicted molar refractivity (Wildman–Crippen MR) is 114 cm³/mol. The van der Waals surface area contributed by atoms with Gasteiger partial charge in [-0.05, 0) is 30.5 Å². The molecular formula is C23H26N2O6. The van der Waals surface area contributed by atoms with Crippen molar-refractivity contribution in [3.63, 3.8) is 0 Å². The zero-order valence-corrected chi connectivity index (χ0v) is 17.7. The second-order valence-electron chi connectivity index (χ2n) is 7.22. The van der Waals surface area contributed by atoms with E-state index in [4.69, 9.17) is 9.47 Å². The minimum Gasteiger partial charge on any atom is -0.454 e. The van der Waals surface area contributed by atoms with Crippen molar-refractivity contribution >= 4 is 29.4 Å². The molecule has 0 heterocycles. The molecular weight excluding hydrogens is 400 g/mol. The molecule has 2 rings (SSSR count). The first-order chi connectivity index (χ1) is 14.8. The number of rotatable bonds is 9. The molecule has 0 saturated carbocycles. The topological polar surface area (TPSA) is 111 Å². The lowest BCUT2D eigenvalue weighted by atomic mass is 10.1. The molecule has 0 aliphatic rings. The highest BCUT2D eigenvalue weighted by Gasteiger charge is 2.27. The first kappa shape index (κ1) is 23.6. The third-order valence-corrected chi connectivity index (χ3v) is 4.31. The van der Waals surface area contributed by atoms with E-state index < -0.39 is 30.6 Å². The van der Waals surface area contributed by atoms with Crippen LogP contribution in [0, 0.1) is 5.92 Å². The maximum absolute atomic E-state index is 12.4. The lowest BCUT2D eigenvalue weighted by Crippen LogP contribution is -2.46. The van der Waals surface area contributed by atoms with Gasteiger partial charge in [-0.3, -0.25) is 9.59 Å². The smallest absolute Gasteiger partial charge is 0.408 e. The van der Waals surface area contributed by atoms with Crippen LogP contribution in [-0.2, 0) is 25.7 Å². The number of alkyl carbamates (subject to hydrolysis) is 1. The predicted octanol–water partition coefficient (Wildman–Crippen LogP) is 3.32. The summed E-state index contributed by atoms with van der Waals surface area (Å²) < 4.78 is 10.2. The number of esters is 1. The van der Waals surface area contributed by atoms with E-state index in [0.29, 0.717) is 11.3 Å². The molecule has 1 atom stereocenters. The fourth-order valence-corrected chi connectivity index (χ4v) is 2.63. The van der Waals surface area contributed by atoms with Gasteiger partial charge < -0.3 is 20.1 Å².